The van der Waals surface area contributed by atoms with Crippen molar-refractivity contribution in [3.8, 4) is 0 Å². The van der Waals surface area contributed by atoms with E-state index >= 15 is 0 Å². The molecule has 1 atom stereocenters. The second-order valence-electron chi connectivity index (χ2n) is 6.61. The minimum absolute atomic E-state index is 0.210. The molecular formula is C22H19N3O3. The molecule has 6 heteroatoms. The van der Waals surface area contributed by atoms with Crippen LogP contribution in [0, 0.1) is 0 Å². The van der Waals surface area contributed by atoms with Gasteiger partial charge in [0.05, 0.1) is 23.3 Å². The summed E-state index contributed by atoms with van der Waals surface area (Å²) in [7, 11) is 0. The maximum Gasteiger partial charge on any atom is 0.338 e. The van der Waals surface area contributed by atoms with Crippen molar-refractivity contribution in [2.75, 3.05) is 6.61 Å². The number of benzene rings is 3. The topological polar surface area (TPSA) is 84.1 Å². The van der Waals surface area contributed by atoms with Crippen LogP contribution in [0.1, 0.15) is 28.9 Å². The van der Waals surface area contributed by atoms with E-state index < -0.39 is 5.97 Å². The number of amides is 1. The van der Waals surface area contributed by atoms with Crippen molar-refractivity contribution in [2.24, 2.45) is 0 Å². The summed E-state index contributed by atoms with van der Waals surface area (Å²) in [6.45, 7) is 1.57. The zero-order valence-electron chi connectivity index (χ0n) is 15.3. The molecule has 1 unspecified atom stereocenters. The average molecular weight is 373 g/mol. The van der Waals surface area contributed by atoms with E-state index in [1.807, 2.05) is 49.4 Å². The minimum Gasteiger partial charge on any atom is -0.452 e. The number of aromatic amines is 1. The van der Waals surface area contributed by atoms with Crippen LogP contribution in [-0.4, -0.2) is 28.7 Å². The summed E-state index contributed by atoms with van der Waals surface area (Å²) in [5.41, 5.74) is 2.12. The first-order valence-electron chi connectivity index (χ1n) is 8.99. The quantitative estimate of drug-likeness (QED) is 0.522. The summed E-state index contributed by atoms with van der Waals surface area (Å²) in [6.07, 6.45) is 1.67. The molecular weight excluding hydrogens is 354 g/mol. The number of esters is 1. The van der Waals surface area contributed by atoms with E-state index in [-0.39, 0.29) is 18.6 Å². The van der Waals surface area contributed by atoms with E-state index in [0.29, 0.717) is 5.56 Å². The maximum absolute atomic E-state index is 12.3. The summed E-state index contributed by atoms with van der Waals surface area (Å²) < 4.78 is 5.15. The van der Waals surface area contributed by atoms with Gasteiger partial charge in [-0.25, -0.2) is 4.79 Å². The number of aromatic nitrogens is 2. The SMILES string of the molecule is CC(NC(=O)COC(=O)c1ccc2cn[nH]c2c1)c1cccc2ccccc12. The smallest absolute Gasteiger partial charge is 0.338 e. The van der Waals surface area contributed by atoms with Crippen molar-refractivity contribution in [1.29, 1.82) is 0 Å². The Labute approximate surface area is 161 Å². The minimum atomic E-state index is -0.551. The Bertz CT molecular complexity index is 1160. The molecule has 0 aliphatic rings. The number of carbonyl (C=O) groups is 2. The number of hydrogen-bond donors (Lipinski definition) is 2. The Hall–Kier alpha value is -3.67. The van der Waals surface area contributed by atoms with Gasteiger partial charge in [-0.15, -0.1) is 0 Å². The molecule has 0 aliphatic heterocycles. The van der Waals surface area contributed by atoms with Gasteiger partial charge in [-0.2, -0.15) is 5.10 Å². The average Bonchev–Trinajstić information content (AvgIpc) is 3.19. The van der Waals surface area contributed by atoms with Gasteiger partial charge < -0.3 is 10.1 Å². The molecule has 3 aromatic carbocycles. The van der Waals surface area contributed by atoms with Gasteiger partial charge in [0.2, 0.25) is 0 Å². The fraction of sp³-hybridized carbons (Fsp3) is 0.136. The third kappa shape index (κ3) is 3.57. The maximum atomic E-state index is 12.3. The first kappa shape index (κ1) is 17.7. The molecule has 28 heavy (non-hydrogen) atoms. The largest absolute Gasteiger partial charge is 0.452 e. The van der Waals surface area contributed by atoms with Gasteiger partial charge in [0.15, 0.2) is 6.61 Å². The summed E-state index contributed by atoms with van der Waals surface area (Å²) >= 11 is 0. The van der Waals surface area contributed by atoms with Crippen LogP contribution in [0.3, 0.4) is 0 Å². The Morgan fingerprint density at radius 3 is 2.79 bits per heavy atom. The Kier molecular flexibility index (Phi) is 4.76. The fourth-order valence-electron chi connectivity index (χ4n) is 3.27. The zero-order chi connectivity index (χ0) is 19.5. The van der Waals surface area contributed by atoms with E-state index in [0.717, 1.165) is 27.2 Å². The molecule has 0 spiro atoms. The van der Waals surface area contributed by atoms with Crippen molar-refractivity contribution in [1.82, 2.24) is 15.5 Å². The van der Waals surface area contributed by atoms with Gasteiger partial charge in [0, 0.05) is 5.39 Å². The molecule has 1 heterocycles. The summed E-state index contributed by atoms with van der Waals surface area (Å²) in [5, 5.41) is 12.7. The number of nitrogens with zero attached hydrogens (tertiary/aromatic N) is 1. The second kappa shape index (κ2) is 7.52. The van der Waals surface area contributed by atoms with E-state index in [2.05, 4.69) is 15.5 Å². The molecule has 4 rings (SSSR count). The number of hydrogen-bond acceptors (Lipinski definition) is 4. The Morgan fingerprint density at radius 1 is 1.07 bits per heavy atom. The number of carbonyl (C=O) groups excluding carboxylic acids is 2. The number of rotatable bonds is 5. The Balaban J connectivity index is 1.39. The van der Waals surface area contributed by atoms with E-state index in [1.165, 1.54) is 0 Å². The van der Waals surface area contributed by atoms with Gasteiger partial charge in [0.1, 0.15) is 0 Å². The highest BCUT2D eigenvalue weighted by Gasteiger charge is 2.15. The van der Waals surface area contributed by atoms with Crippen molar-refractivity contribution >= 4 is 33.6 Å². The van der Waals surface area contributed by atoms with Crippen molar-refractivity contribution in [2.45, 2.75) is 13.0 Å². The van der Waals surface area contributed by atoms with E-state index in [4.69, 9.17) is 4.74 Å². The van der Waals surface area contributed by atoms with Crippen LogP contribution in [0.15, 0.2) is 66.9 Å². The molecule has 0 saturated heterocycles. The van der Waals surface area contributed by atoms with Crippen LogP contribution in [0.4, 0.5) is 0 Å². The fourth-order valence-corrected chi connectivity index (χ4v) is 3.27. The molecule has 0 saturated carbocycles. The number of ether oxygens (including phenoxy) is 1. The van der Waals surface area contributed by atoms with Crippen molar-refractivity contribution in [3.05, 3.63) is 78.0 Å². The van der Waals surface area contributed by atoms with Crippen LogP contribution in [0.5, 0.6) is 0 Å². The van der Waals surface area contributed by atoms with Crippen LogP contribution in [0.25, 0.3) is 21.7 Å². The third-order valence-corrected chi connectivity index (χ3v) is 4.68. The lowest BCUT2D eigenvalue weighted by atomic mass is 10.00. The zero-order valence-corrected chi connectivity index (χ0v) is 15.3. The number of fused-ring (bicyclic) bond motifs is 2. The molecule has 4 aromatic rings. The van der Waals surface area contributed by atoms with Crippen LogP contribution in [0.2, 0.25) is 0 Å². The monoisotopic (exact) mass is 373 g/mol. The predicted octanol–water partition coefficient (Wildman–Crippen LogP) is 3.75. The normalized spacial score (nSPS) is 12.0. The van der Waals surface area contributed by atoms with Gasteiger partial charge in [-0.3, -0.25) is 9.89 Å². The van der Waals surface area contributed by atoms with Crippen molar-refractivity contribution < 1.29 is 14.3 Å². The van der Waals surface area contributed by atoms with Crippen LogP contribution < -0.4 is 5.32 Å². The first-order valence-corrected chi connectivity index (χ1v) is 8.99. The highest BCUT2D eigenvalue weighted by molar-refractivity contribution is 5.95. The predicted molar refractivity (Wildman–Crippen MR) is 107 cm³/mol. The highest BCUT2D eigenvalue weighted by Crippen LogP contribution is 2.24. The molecule has 140 valence electrons. The van der Waals surface area contributed by atoms with Crippen LogP contribution in [-0.2, 0) is 9.53 Å². The van der Waals surface area contributed by atoms with Gasteiger partial charge in [-0.05, 0) is 35.4 Å². The first-order chi connectivity index (χ1) is 13.6. The lowest BCUT2D eigenvalue weighted by molar-refractivity contribution is -0.124. The molecule has 2 N–H and O–H groups in total. The molecule has 0 radical (unpaired) electrons. The third-order valence-electron chi connectivity index (χ3n) is 4.68. The summed E-state index contributed by atoms with van der Waals surface area (Å²) in [6, 6.07) is 18.9. The molecule has 1 amide bonds. The van der Waals surface area contributed by atoms with E-state index in [1.54, 1.807) is 24.4 Å². The summed E-state index contributed by atoms with van der Waals surface area (Å²) in [5.74, 6) is -0.902. The van der Waals surface area contributed by atoms with Gasteiger partial charge >= 0.3 is 5.97 Å². The van der Waals surface area contributed by atoms with Crippen LogP contribution >= 0.6 is 0 Å². The second-order valence-corrected chi connectivity index (χ2v) is 6.61. The lowest BCUT2D eigenvalue weighted by Crippen LogP contribution is -2.31. The summed E-state index contributed by atoms with van der Waals surface area (Å²) in [4.78, 5) is 24.5. The molecule has 1 aromatic heterocycles. The lowest BCUT2D eigenvalue weighted by Gasteiger charge is -2.16. The van der Waals surface area contributed by atoms with Gasteiger partial charge in [-0.1, -0.05) is 48.5 Å². The highest BCUT2D eigenvalue weighted by atomic mass is 16.5. The van der Waals surface area contributed by atoms with Crippen molar-refractivity contribution in [3.63, 3.8) is 0 Å². The molecule has 0 bridgehead atoms. The van der Waals surface area contributed by atoms with Gasteiger partial charge in [0.25, 0.3) is 5.91 Å². The molecule has 0 aliphatic carbocycles. The van der Waals surface area contributed by atoms with E-state index in [9.17, 15) is 9.59 Å². The number of nitrogens with one attached hydrogen (secondary N) is 2. The molecule has 0 fully saturated rings. The number of H-pyrrole nitrogens is 1. The Morgan fingerprint density at radius 2 is 1.89 bits per heavy atom. The standard InChI is InChI=1S/C22H19N3O3/c1-14(18-8-4-6-15-5-2-3-7-19(15)18)24-21(26)13-28-22(27)16-9-10-17-12-23-25-20(17)11-16/h2-12,14H,13H2,1H3,(H,23,25)(H,24,26). The molecule has 6 nitrogen and oxygen atoms in total.